The second-order valence-corrected chi connectivity index (χ2v) is 9.16. The Hall–Kier alpha value is -3.80. The van der Waals surface area contributed by atoms with Crippen LogP contribution in [0.4, 0.5) is 0 Å². The fraction of sp³-hybridized carbons (Fsp3) is 0.310. The number of aliphatic carboxylic acids is 1. The topological polar surface area (TPSA) is 82.1 Å². The van der Waals surface area contributed by atoms with E-state index in [4.69, 9.17) is 14.2 Å². The molecule has 0 spiro atoms. The minimum atomic E-state index is -0.964. The SMILES string of the molecule is COc1ccccc1C1[C@H](C(=O)O)[C@H](c2ccccc2OC)[C@H]1C(=O)OC1Cc2ccccc2C1. The van der Waals surface area contributed by atoms with Crippen molar-refractivity contribution in [2.45, 2.75) is 30.8 Å². The quantitative estimate of drug-likeness (QED) is 0.506. The highest BCUT2D eigenvalue weighted by atomic mass is 16.5. The van der Waals surface area contributed by atoms with Crippen molar-refractivity contribution in [1.29, 1.82) is 0 Å². The summed E-state index contributed by atoms with van der Waals surface area (Å²) in [4.78, 5) is 26.3. The summed E-state index contributed by atoms with van der Waals surface area (Å²) in [5.41, 5.74) is 3.77. The second kappa shape index (κ2) is 9.45. The van der Waals surface area contributed by atoms with Gasteiger partial charge in [-0.3, -0.25) is 9.59 Å². The van der Waals surface area contributed by atoms with E-state index >= 15 is 0 Å². The zero-order valence-corrected chi connectivity index (χ0v) is 19.7. The molecule has 6 heteroatoms. The molecule has 2 aliphatic rings. The van der Waals surface area contributed by atoms with Crippen LogP contribution in [0.1, 0.15) is 34.1 Å². The Bertz CT molecular complexity index is 1170. The van der Waals surface area contributed by atoms with E-state index in [0.29, 0.717) is 35.5 Å². The van der Waals surface area contributed by atoms with Crippen LogP contribution in [0.5, 0.6) is 11.5 Å². The average Bonchev–Trinajstić information content (AvgIpc) is 3.26. The van der Waals surface area contributed by atoms with Gasteiger partial charge in [0.15, 0.2) is 0 Å². The smallest absolute Gasteiger partial charge is 0.310 e. The lowest BCUT2D eigenvalue weighted by atomic mass is 9.52. The molecule has 1 N–H and O–H groups in total. The summed E-state index contributed by atoms with van der Waals surface area (Å²) in [5.74, 6) is -2.92. The van der Waals surface area contributed by atoms with Crippen molar-refractivity contribution in [3.63, 3.8) is 0 Å². The molecule has 1 saturated carbocycles. The lowest BCUT2D eigenvalue weighted by Gasteiger charge is -2.49. The zero-order valence-electron chi connectivity index (χ0n) is 19.7. The fourth-order valence-electron chi connectivity index (χ4n) is 5.85. The van der Waals surface area contributed by atoms with Crippen molar-refractivity contribution in [2.75, 3.05) is 14.2 Å². The molecule has 0 heterocycles. The molecule has 5 rings (SSSR count). The lowest BCUT2D eigenvalue weighted by molar-refractivity contribution is -0.167. The highest BCUT2D eigenvalue weighted by Crippen LogP contribution is 2.60. The Morgan fingerprint density at radius 2 is 1.17 bits per heavy atom. The molecule has 1 unspecified atom stereocenters. The van der Waals surface area contributed by atoms with Gasteiger partial charge < -0.3 is 19.3 Å². The number of carboxylic acid groups (broad SMARTS) is 1. The van der Waals surface area contributed by atoms with Crippen LogP contribution in [-0.4, -0.2) is 37.4 Å². The number of hydrogen-bond donors (Lipinski definition) is 1. The van der Waals surface area contributed by atoms with Crippen LogP contribution >= 0.6 is 0 Å². The highest BCUT2D eigenvalue weighted by molar-refractivity contribution is 5.85. The van der Waals surface area contributed by atoms with Gasteiger partial charge in [0.1, 0.15) is 17.6 Å². The number of fused-ring (bicyclic) bond motifs is 1. The number of rotatable bonds is 7. The van der Waals surface area contributed by atoms with E-state index < -0.39 is 29.6 Å². The number of esters is 1. The summed E-state index contributed by atoms with van der Waals surface area (Å²) in [5, 5.41) is 10.3. The first kappa shape index (κ1) is 23.0. The standard InChI is InChI=1S/C29H28O6/c1-33-22-13-7-5-11-20(22)24-26(28(30)31)25(21-12-6-8-14-23(21)34-2)27(24)29(32)35-19-15-17-9-3-4-10-18(17)16-19/h3-14,19,24-27H,15-16H2,1-2H3,(H,30,31)/t24-,25?,26+,27+/m0/s1. The first-order valence-corrected chi connectivity index (χ1v) is 11.8. The Balaban J connectivity index is 1.53. The third-order valence-corrected chi connectivity index (χ3v) is 7.40. The fourth-order valence-corrected chi connectivity index (χ4v) is 5.85. The molecule has 0 radical (unpaired) electrons. The van der Waals surface area contributed by atoms with Gasteiger partial charge in [-0.05, 0) is 34.4 Å². The molecule has 1 fully saturated rings. The molecule has 0 bridgehead atoms. The maximum atomic E-state index is 13.8. The minimum absolute atomic E-state index is 0.264. The van der Waals surface area contributed by atoms with E-state index in [1.165, 1.54) is 11.1 Å². The van der Waals surface area contributed by atoms with E-state index in [1.807, 2.05) is 48.5 Å². The molecule has 4 atom stereocenters. The van der Waals surface area contributed by atoms with Crippen LogP contribution in [-0.2, 0) is 27.2 Å². The summed E-state index contributed by atoms with van der Waals surface area (Å²) < 4.78 is 17.2. The van der Waals surface area contributed by atoms with Crippen LogP contribution in [0.15, 0.2) is 72.8 Å². The Morgan fingerprint density at radius 1 is 0.714 bits per heavy atom. The van der Waals surface area contributed by atoms with E-state index in [-0.39, 0.29) is 12.1 Å². The zero-order chi connectivity index (χ0) is 24.5. The number of carboxylic acids is 1. The van der Waals surface area contributed by atoms with Crippen LogP contribution in [0, 0.1) is 11.8 Å². The number of hydrogen-bond acceptors (Lipinski definition) is 5. The molecule has 0 aliphatic heterocycles. The third kappa shape index (κ3) is 4.03. The van der Waals surface area contributed by atoms with Gasteiger partial charge >= 0.3 is 11.9 Å². The number of benzene rings is 3. The number of carbonyl (C=O) groups is 2. The van der Waals surface area contributed by atoms with Gasteiger partial charge in [-0.2, -0.15) is 0 Å². The van der Waals surface area contributed by atoms with Gasteiger partial charge in [-0.15, -0.1) is 0 Å². The van der Waals surface area contributed by atoms with Crippen LogP contribution in [0.2, 0.25) is 0 Å². The largest absolute Gasteiger partial charge is 0.496 e. The van der Waals surface area contributed by atoms with E-state index in [0.717, 1.165) is 0 Å². The van der Waals surface area contributed by atoms with E-state index in [1.54, 1.807) is 26.4 Å². The number of methoxy groups -OCH3 is 2. The average molecular weight is 473 g/mol. The van der Waals surface area contributed by atoms with Crippen molar-refractivity contribution in [3.05, 3.63) is 95.1 Å². The van der Waals surface area contributed by atoms with E-state index in [2.05, 4.69) is 12.1 Å². The van der Waals surface area contributed by atoms with E-state index in [9.17, 15) is 14.7 Å². The summed E-state index contributed by atoms with van der Waals surface area (Å²) in [6.07, 6.45) is 1.06. The molecule has 180 valence electrons. The van der Waals surface area contributed by atoms with Crippen LogP contribution in [0.3, 0.4) is 0 Å². The van der Waals surface area contributed by atoms with Crippen molar-refractivity contribution in [1.82, 2.24) is 0 Å². The summed E-state index contributed by atoms with van der Waals surface area (Å²) in [6, 6.07) is 22.7. The number of carbonyl (C=O) groups excluding carboxylic acids is 1. The monoisotopic (exact) mass is 472 g/mol. The van der Waals surface area contributed by atoms with Crippen molar-refractivity contribution >= 4 is 11.9 Å². The molecule has 0 saturated heterocycles. The number of para-hydroxylation sites is 2. The predicted octanol–water partition coefficient (Wildman–Crippen LogP) is 4.61. The van der Waals surface area contributed by atoms with Crippen molar-refractivity contribution in [2.24, 2.45) is 11.8 Å². The first-order valence-electron chi connectivity index (χ1n) is 11.8. The Kier molecular flexibility index (Phi) is 6.20. The van der Waals surface area contributed by atoms with Crippen molar-refractivity contribution < 1.29 is 28.9 Å². The molecule has 0 aromatic heterocycles. The molecular formula is C29H28O6. The third-order valence-electron chi connectivity index (χ3n) is 7.40. The summed E-state index contributed by atoms with van der Waals surface area (Å²) >= 11 is 0. The van der Waals surface area contributed by atoms with Gasteiger partial charge in [0.2, 0.25) is 0 Å². The van der Waals surface area contributed by atoms with Gasteiger partial charge in [0.05, 0.1) is 26.1 Å². The van der Waals surface area contributed by atoms with Crippen molar-refractivity contribution in [3.8, 4) is 11.5 Å². The Labute approximate surface area is 204 Å². The van der Waals surface area contributed by atoms with Gasteiger partial charge in [0, 0.05) is 24.7 Å². The first-order chi connectivity index (χ1) is 17.0. The normalized spacial score (nSPS) is 23.1. The van der Waals surface area contributed by atoms with Crippen LogP contribution in [0.25, 0.3) is 0 Å². The molecule has 6 nitrogen and oxygen atoms in total. The minimum Gasteiger partial charge on any atom is -0.496 e. The van der Waals surface area contributed by atoms with Gasteiger partial charge in [0.25, 0.3) is 0 Å². The number of ether oxygens (including phenoxy) is 3. The van der Waals surface area contributed by atoms with Gasteiger partial charge in [-0.1, -0.05) is 60.7 Å². The molecule has 0 amide bonds. The maximum Gasteiger partial charge on any atom is 0.310 e. The van der Waals surface area contributed by atoms with Gasteiger partial charge in [-0.25, -0.2) is 0 Å². The second-order valence-electron chi connectivity index (χ2n) is 9.16. The summed E-state index contributed by atoms with van der Waals surface area (Å²) in [6.45, 7) is 0. The maximum absolute atomic E-state index is 13.8. The molecule has 2 aliphatic carbocycles. The molecular weight excluding hydrogens is 444 g/mol. The lowest BCUT2D eigenvalue weighted by Crippen LogP contribution is -2.52. The molecule has 3 aromatic carbocycles. The predicted molar refractivity (Wildman–Crippen MR) is 130 cm³/mol. The molecule has 3 aromatic rings. The highest BCUT2D eigenvalue weighted by Gasteiger charge is 2.60. The Morgan fingerprint density at radius 3 is 1.63 bits per heavy atom. The van der Waals surface area contributed by atoms with Crippen LogP contribution < -0.4 is 9.47 Å². The summed E-state index contributed by atoms with van der Waals surface area (Å²) in [7, 11) is 3.10. The molecule has 35 heavy (non-hydrogen) atoms.